The van der Waals surface area contributed by atoms with Crippen LogP contribution in [0, 0.1) is 6.92 Å². The molecule has 1 aliphatic rings. The zero-order valence-corrected chi connectivity index (χ0v) is 10.2. The van der Waals surface area contributed by atoms with Crippen LogP contribution in [0.25, 0.3) is 0 Å². The zero-order chi connectivity index (χ0) is 11.4. The molecule has 1 fully saturated rings. The molecule has 0 bridgehead atoms. The normalized spacial score (nSPS) is 22.0. The van der Waals surface area contributed by atoms with Crippen molar-refractivity contribution in [2.45, 2.75) is 32.2 Å². The highest BCUT2D eigenvalue weighted by atomic mass is 15.2. The second-order valence-corrected chi connectivity index (χ2v) is 4.70. The van der Waals surface area contributed by atoms with E-state index in [-0.39, 0.29) is 0 Å². The summed E-state index contributed by atoms with van der Waals surface area (Å²) in [5.41, 5.74) is 2.44. The van der Waals surface area contributed by atoms with E-state index in [1.807, 2.05) is 18.5 Å². The molecule has 1 saturated heterocycles. The van der Waals surface area contributed by atoms with Crippen LogP contribution >= 0.6 is 0 Å². The van der Waals surface area contributed by atoms with Gasteiger partial charge in [-0.05, 0) is 45.0 Å². The molecular formula is C13H21N3. The minimum atomic E-state index is 0.674. The number of rotatable bonds is 3. The molecule has 1 N–H and O–H groups in total. The van der Waals surface area contributed by atoms with Gasteiger partial charge in [0.15, 0.2) is 0 Å². The molecule has 2 heterocycles. The fourth-order valence-electron chi connectivity index (χ4n) is 2.28. The Morgan fingerprint density at radius 2 is 2.38 bits per heavy atom. The molecule has 0 spiro atoms. The third-order valence-electron chi connectivity index (χ3n) is 3.49. The Balaban J connectivity index is 1.89. The van der Waals surface area contributed by atoms with Gasteiger partial charge in [-0.2, -0.15) is 0 Å². The van der Waals surface area contributed by atoms with Crippen LogP contribution in [0.5, 0.6) is 0 Å². The Morgan fingerprint density at radius 1 is 1.50 bits per heavy atom. The Hall–Kier alpha value is -1.09. The molecule has 3 heteroatoms. The Kier molecular flexibility index (Phi) is 3.78. The SMILES string of the molecule is Cc1ccncc1NCC1CCCCN1C. The van der Waals surface area contributed by atoms with Gasteiger partial charge in [0.1, 0.15) is 0 Å². The van der Waals surface area contributed by atoms with Crippen molar-refractivity contribution in [1.82, 2.24) is 9.88 Å². The van der Waals surface area contributed by atoms with Gasteiger partial charge < -0.3 is 10.2 Å². The fourth-order valence-corrected chi connectivity index (χ4v) is 2.28. The van der Waals surface area contributed by atoms with E-state index >= 15 is 0 Å². The van der Waals surface area contributed by atoms with Crippen LogP contribution in [-0.4, -0.2) is 36.1 Å². The standard InChI is InChI=1S/C13H21N3/c1-11-6-7-14-10-13(11)15-9-12-5-3-4-8-16(12)2/h6-7,10,12,15H,3-5,8-9H2,1-2H3. The molecule has 1 aliphatic heterocycles. The Labute approximate surface area is 97.9 Å². The summed E-state index contributed by atoms with van der Waals surface area (Å²) in [6, 6.07) is 2.72. The summed E-state index contributed by atoms with van der Waals surface area (Å²) in [5.74, 6) is 0. The molecule has 0 radical (unpaired) electrons. The zero-order valence-electron chi connectivity index (χ0n) is 10.2. The first-order valence-electron chi connectivity index (χ1n) is 6.12. The van der Waals surface area contributed by atoms with Gasteiger partial charge in [-0.15, -0.1) is 0 Å². The lowest BCUT2D eigenvalue weighted by atomic mass is 10.0. The Morgan fingerprint density at radius 3 is 3.12 bits per heavy atom. The number of nitrogens with zero attached hydrogens (tertiary/aromatic N) is 2. The van der Waals surface area contributed by atoms with Crippen molar-refractivity contribution in [3.05, 3.63) is 24.0 Å². The van der Waals surface area contributed by atoms with Crippen LogP contribution in [0.2, 0.25) is 0 Å². The molecule has 1 unspecified atom stereocenters. The third kappa shape index (κ3) is 2.73. The minimum Gasteiger partial charge on any atom is -0.382 e. The largest absolute Gasteiger partial charge is 0.382 e. The number of aryl methyl sites for hydroxylation is 1. The van der Waals surface area contributed by atoms with Gasteiger partial charge in [-0.1, -0.05) is 6.42 Å². The van der Waals surface area contributed by atoms with Gasteiger partial charge in [0, 0.05) is 18.8 Å². The molecular weight excluding hydrogens is 198 g/mol. The number of aromatic nitrogens is 1. The molecule has 0 aliphatic carbocycles. The molecule has 0 saturated carbocycles. The lowest BCUT2D eigenvalue weighted by molar-refractivity contribution is 0.194. The van der Waals surface area contributed by atoms with Crippen LogP contribution in [0.3, 0.4) is 0 Å². The molecule has 0 aromatic carbocycles. The van der Waals surface area contributed by atoms with Gasteiger partial charge in [-0.25, -0.2) is 0 Å². The first-order valence-corrected chi connectivity index (χ1v) is 6.12. The number of piperidine rings is 1. The quantitative estimate of drug-likeness (QED) is 0.845. The summed E-state index contributed by atoms with van der Waals surface area (Å²) < 4.78 is 0. The van der Waals surface area contributed by atoms with E-state index in [1.165, 1.54) is 37.1 Å². The number of hydrogen-bond acceptors (Lipinski definition) is 3. The van der Waals surface area contributed by atoms with Gasteiger partial charge in [-0.3, -0.25) is 4.98 Å². The van der Waals surface area contributed by atoms with E-state index in [4.69, 9.17) is 0 Å². The van der Waals surface area contributed by atoms with Crippen LogP contribution in [0.4, 0.5) is 5.69 Å². The van der Waals surface area contributed by atoms with Crippen molar-refractivity contribution in [3.8, 4) is 0 Å². The van der Waals surface area contributed by atoms with Crippen molar-refractivity contribution in [3.63, 3.8) is 0 Å². The molecule has 16 heavy (non-hydrogen) atoms. The van der Waals surface area contributed by atoms with E-state index in [2.05, 4.69) is 29.2 Å². The highest BCUT2D eigenvalue weighted by Crippen LogP contribution is 2.17. The first kappa shape index (κ1) is 11.4. The highest BCUT2D eigenvalue weighted by Gasteiger charge is 2.18. The summed E-state index contributed by atoms with van der Waals surface area (Å²) in [6.45, 7) is 4.38. The van der Waals surface area contributed by atoms with Gasteiger partial charge >= 0.3 is 0 Å². The van der Waals surface area contributed by atoms with Gasteiger partial charge in [0.05, 0.1) is 11.9 Å². The topological polar surface area (TPSA) is 28.2 Å². The second-order valence-electron chi connectivity index (χ2n) is 4.70. The molecule has 0 amide bonds. The fraction of sp³-hybridized carbons (Fsp3) is 0.615. The predicted octanol–water partition coefficient (Wildman–Crippen LogP) is 2.29. The Bertz CT molecular complexity index is 338. The molecule has 88 valence electrons. The maximum absolute atomic E-state index is 4.15. The van der Waals surface area contributed by atoms with Crippen molar-refractivity contribution in [2.75, 3.05) is 25.5 Å². The number of nitrogens with one attached hydrogen (secondary N) is 1. The van der Waals surface area contributed by atoms with E-state index in [0.717, 1.165) is 6.54 Å². The van der Waals surface area contributed by atoms with E-state index in [1.54, 1.807) is 0 Å². The smallest absolute Gasteiger partial charge is 0.0556 e. The molecule has 1 aromatic heterocycles. The summed E-state index contributed by atoms with van der Waals surface area (Å²) >= 11 is 0. The number of hydrogen-bond donors (Lipinski definition) is 1. The number of pyridine rings is 1. The van der Waals surface area contributed by atoms with Crippen molar-refractivity contribution in [2.24, 2.45) is 0 Å². The average Bonchev–Trinajstić information content (AvgIpc) is 2.30. The maximum atomic E-state index is 4.15. The number of likely N-dealkylation sites (tertiary alicyclic amines) is 1. The van der Waals surface area contributed by atoms with Crippen molar-refractivity contribution >= 4 is 5.69 Å². The summed E-state index contributed by atoms with van der Waals surface area (Å²) in [5, 5.41) is 3.51. The van der Waals surface area contributed by atoms with Crippen LogP contribution in [0.1, 0.15) is 24.8 Å². The second kappa shape index (κ2) is 5.30. The van der Waals surface area contributed by atoms with Crippen molar-refractivity contribution < 1.29 is 0 Å². The lowest BCUT2D eigenvalue weighted by Gasteiger charge is -2.32. The predicted molar refractivity (Wildman–Crippen MR) is 67.7 cm³/mol. The van der Waals surface area contributed by atoms with Crippen LogP contribution < -0.4 is 5.32 Å². The molecule has 1 atom stereocenters. The maximum Gasteiger partial charge on any atom is 0.0556 e. The summed E-state index contributed by atoms with van der Waals surface area (Å²) in [6.07, 6.45) is 7.77. The molecule has 2 rings (SSSR count). The summed E-state index contributed by atoms with van der Waals surface area (Å²) in [7, 11) is 2.22. The molecule has 3 nitrogen and oxygen atoms in total. The average molecular weight is 219 g/mol. The van der Waals surface area contributed by atoms with Gasteiger partial charge in [0.25, 0.3) is 0 Å². The molecule has 1 aromatic rings. The van der Waals surface area contributed by atoms with Gasteiger partial charge in [0.2, 0.25) is 0 Å². The lowest BCUT2D eigenvalue weighted by Crippen LogP contribution is -2.40. The number of anilines is 1. The third-order valence-corrected chi connectivity index (χ3v) is 3.49. The first-order chi connectivity index (χ1) is 7.77. The monoisotopic (exact) mass is 219 g/mol. The highest BCUT2D eigenvalue weighted by molar-refractivity contribution is 5.47. The minimum absolute atomic E-state index is 0.674. The van der Waals surface area contributed by atoms with Crippen LogP contribution in [0.15, 0.2) is 18.5 Å². The summed E-state index contributed by atoms with van der Waals surface area (Å²) in [4.78, 5) is 6.61. The van der Waals surface area contributed by atoms with E-state index < -0.39 is 0 Å². The van der Waals surface area contributed by atoms with Crippen molar-refractivity contribution in [1.29, 1.82) is 0 Å². The van der Waals surface area contributed by atoms with E-state index in [0.29, 0.717) is 6.04 Å². The number of likely N-dealkylation sites (N-methyl/N-ethyl adjacent to an activating group) is 1. The van der Waals surface area contributed by atoms with Crippen LogP contribution in [-0.2, 0) is 0 Å². The van der Waals surface area contributed by atoms with E-state index in [9.17, 15) is 0 Å².